The van der Waals surface area contributed by atoms with E-state index in [9.17, 15) is 5.11 Å². The van der Waals surface area contributed by atoms with E-state index in [4.69, 9.17) is 0 Å². The third kappa shape index (κ3) is 11.9. The van der Waals surface area contributed by atoms with Crippen molar-refractivity contribution in [3.63, 3.8) is 0 Å². The number of allylic oxidation sites excluding steroid dienone is 2. The van der Waals surface area contributed by atoms with Gasteiger partial charge in [-0.2, -0.15) is 0 Å². The Hall–Kier alpha value is 0.540. The summed E-state index contributed by atoms with van der Waals surface area (Å²) in [6, 6.07) is 0. The third-order valence-corrected chi connectivity index (χ3v) is 0.989. The summed E-state index contributed by atoms with van der Waals surface area (Å²) >= 11 is 0. The van der Waals surface area contributed by atoms with Gasteiger partial charge in [-0.1, -0.05) is 32.8 Å². The molecule has 0 aromatic rings. The fourth-order valence-electron chi connectivity index (χ4n) is 0.509. The fraction of sp³-hybridized carbons (Fsp3) is 0.714. The summed E-state index contributed by atoms with van der Waals surface area (Å²) in [6.07, 6.45) is 5.00. The maximum Gasteiger partial charge on any atom is 1.00 e. The molecule has 0 saturated heterocycles. The van der Waals surface area contributed by atoms with Gasteiger partial charge in [0.1, 0.15) is 0 Å². The zero-order valence-corrected chi connectivity index (χ0v) is 8.61. The van der Waals surface area contributed by atoms with Crippen molar-refractivity contribution in [1.82, 2.24) is 0 Å². The van der Waals surface area contributed by atoms with E-state index >= 15 is 0 Å². The van der Waals surface area contributed by atoms with Crippen LogP contribution in [0, 0.1) is 0 Å². The molecule has 48 valence electrons. The smallest absolute Gasteiger partial charge is 0.876 e. The van der Waals surface area contributed by atoms with Crippen molar-refractivity contribution < 1.29 is 34.7 Å². The number of hydrogen-bond donors (Lipinski definition) is 0. The van der Waals surface area contributed by atoms with Gasteiger partial charge in [0.05, 0.1) is 0 Å². The maximum atomic E-state index is 10.3. The molecule has 0 aromatic carbocycles. The number of hydrogen-bond acceptors (Lipinski definition) is 1. The van der Waals surface area contributed by atoms with E-state index in [1.54, 1.807) is 13.0 Å². The Bertz CT molecular complexity index is 75.0. The molecular weight excluding hydrogens is 123 g/mol. The maximum absolute atomic E-state index is 10.3. The SMILES string of the molecule is CCCC/C=C(/C)[O-].[Na+]. The molecule has 2 heteroatoms. The van der Waals surface area contributed by atoms with Gasteiger partial charge in [0.25, 0.3) is 0 Å². The van der Waals surface area contributed by atoms with Crippen LogP contribution in [0.4, 0.5) is 0 Å². The number of rotatable bonds is 3. The Labute approximate surface area is 79.4 Å². The second-order valence-corrected chi connectivity index (χ2v) is 1.96. The van der Waals surface area contributed by atoms with Crippen molar-refractivity contribution in [2.75, 3.05) is 0 Å². The first-order valence-corrected chi connectivity index (χ1v) is 3.11. The largest absolute Gasteiger partial charge is 1.00 e. The molecule has 1 nitrogen and oxygen atoms in total. The molecule has 0 spiro atoms. The minimum absolute atomic E-state index is 0. The first kappa shape index (κ1) is 12.2. The quantitative estimate of drug-likeness (QED) is 0.261. The van der Waals surface area contributed by atoms with Crippen molar-refractivity contribution in [2.45, 2.75) is 33.1 Å². The van der Waals surface area contributed by atoms with Crippen LogP contribution < -0.4 is 34.7 Å². The molecule has 0 aliphatic carbocycles. The predicted octanol–water partition coefficient (Wildman–Crippen LogP) is -1.56. The molecule has 0 aliphatic heterocycles. The molecule has 0 fully saturated rings. The van der Waals surface area contributed by atoms with Crippen LogP contribution >= 0.6 is 0 Å². The molecule has 0 atom stereocenters. The van der Waals surface area contributed by atoms with Gasteiger partial charge in [0, 0.05) is 0 Å². The normalized spacial score (nSPS) is 10.7. The van der Waals surface area contributed by atoms with Crippen molar-refractivity contribution in [3.8, 4) is 0 Å². The second-order valence-electron chi connectivity index (χ2n) is 1.96. The monoisotopic (exact) mass is 136 g/mol. The molecule has 0 radical (unpaired) electrons. The minimum atomic E-state index is 0. The van der Waals surface area contributed by atoms with E-state index < -0.39 is 0 Å². The molecule has 0 aromatic heterocycles. The van der Waals surface area contributed by atoms with Crippen LogP contribution in [0.3, 0.4) is 0 Å². The van der Waals surface area contributed by atoms with Gasteiger partial charge >= 0.3 is 29.6 Å². The molecule has 0 unspecified atom stereocenters. The Morgan fingerprint density at radius 1 is 1.56 bits per heavy atom. The van der Waals surface area contributed by atoms with Crippen LogP contribution in [0.25, 0.3) is 0 Å². The molecular formula is C7H13NaO. The minimum Gasteiger partial charge on any atom is -0.876 e. The summed E-state index contributed by atoms with van der Waals surface area (Å²) in [5, 5.41) is 10.3. The van der Waals surface area contributed by atoms with Gasteiger partial charge < -0.3 is 5.11 Å². The van der Waals surface area contributed by atoms with E-state index in [1.807, 2.05) is 0 Å². The van der Waals surface area contributed by atoms with E-state index in [1.165, 1.54) is 6.42 Å². The summed E-state index contributed by atoms with van der Waals surface area (Å²) in [5.74, 6) is 0.193. The zero-order valence-electron chi connectivity index (χ0n) is 6.61. The Morgan fingerprint density at radius 2 is 2.11 bits per heavy atom. The van der Waals surface area contributed by atoms with Crippen molar-refractivity contribution in [2.24, 2.45) is 0 Å². The molecule has 0 rings (SSSR count). The van der Waals surface area contributed by atoms with E-state index in [0.29, 0.717) is 0 Å². The standard InChI is InChI=1S/C7H14O.Na/c1-3-4-5-6-7(2)8;/h6,8H,3-5H2,1-2H3;/q;+1/p-1/b7-6-;. The van der Waals surface area contributed by atoms with E-state index in [-0.39, 0.29) is 35.3 Å². The van der Waals surface area contributed by atoms with Gasteiger partial charge in [-0.3, -0.25) is 0 Å². The fourth-order valence-corrected chi connectivity index (χ4v) is 0.509. The van der Waals surface area contributed by atoms with Crippen LogP contribution in [0.5, 0.6) is 0 Å². The second kappa shape index (κ2) is 8.54. The number of unbranched alkanes of at least 4 members (excludes halogenated alkanes) is 2. The summed E-state index contributed by atoms with van der Waals surface area (Å²) in [6.45, 7) is 3.71. The summed E-state index contributed by atoms with van der Waals surface area (Å²) in [7, 11) is 0. The molecule has 0 amide bonds. The Kier molecular flexibility index (Phi) is 11.6. The van der Waals surface area contributed by atoms with Gasteiger partial charge in [0.2, 0.25) is 0 Å². The topological polar surface area (TPSA) is 23.1 Å². The van der Waals surface area contributed by atoms with Crippen molar-refractivity contribution in [3.05, 3.63) is 11.8 Å². The van der Waals surface area contributed by atoms with Gasteiger partial charge in [-0.25, -0.2) is 0 Å². The predicted molar refractivity (Wildman–Crippen MR) is 33.3 cm³/mol. The first-order valence-electron chi connectivity index (χ1n) is 3.11. The zero-order chi connectivity index (χ0) is 6.41. The van der Waals surface area contributed by atoms with Crippen LogP contribution in [-0.4, -0.2) is 0 Å². The Morgan fingerprint density at radius 3 is 2.44 bits per heavy atom. The van der Waals surface area contributed by atoms with E-state index in [0.717, 1.165) is 12.8 Å². The molecule has 0 N–H and O–H groups in total. The molecule has 0 saturated carbocycles. The van der Waals surface area contributed by atoms with Crippen molar-refractivity contribution in [1.29, 1.82) is 0 Å². The van der Waals surface area contributed by atoms with Gasteiger partial charge in [0.15, 0.2) is 0 Å². The Balaban J connectivity index is 0. The van der Waals surface area contributed by atoms with Gasteiger partial charge in [-0.15, -0.1) is 5.76 Å². The molecule has 0 heterocycles. The molecule has 9 heavy (non-hydrogen) atoms. The van der Waals surface area contributed by atoms with Crippen LogP contribution in [0.1, 0.15) is 33.1 Å². The summed E-state index contributed by atoms with van der Waals surface area (Å²) < 4.78 is 0. The average molecular weight is 136 g/mol. The van der Waals surface area contributed by atoms with Crippen LogP contribution in [0.2, 0.25) is 0 Å². The van der Waals surface area contributed by atoms with Crippen LogP contribution in [-0.2, 0) is 0 Å². The summed E-state index contributed by atoms with van der Waals surface area (Å²) in [4.78, 5) is 0. The summed E-state index contributed by atoms with van der Waals surface area (Å²) in [5.41, 5.74) is 0. The van der Waals surface area contributed by atoms with Crippen molar-refractivity contribution >= 4 is 0 Å². The molecule has 0 bridgehead atoms. The average Bonchev–Trinajstić information content (AvgIpc) is 1.66. The van der Waals surface area contributed by atoms with E-state index in [2.05, 4.69) is 6.92 Å². The van der Waals surface area contributed by atoms with Gasteiger partial charge in [-0.05, 0) is 6.42 Å². The molecule has 0 aliphatic rings. The third-order valence-electron chi connectivity index (χ3n) is 0.989. The first-order chi connectivity index (χ1) is 3.77. The van der Waals surface area contributed by atoms with Crippen LogP contribution in [0.15, 0.2) is 11.8 Å².